The molecule has 0 saturated heterocycles. The molecule has 0 bridgehead atoms. The van der Waals surface area contributed by atoms with Crippen molar-refractivity contribution in [3.05, 3.63) is 34.9 Å². The van der Waals surface area contributed by atoms with E-state index in [2.05, 4.69) is 10.2 Å². The number of benzene rings is 1. The highest BCUT2D eigenvalue weighted by Crippen LogP contribution is 2.20. The fourth-order valence-electron chi connectivity index (χ4n) is 2.16. The van der Waals surface area contributed by atoms with Crippen LogP contribution in [0.4, 0.5) is 0 Å². The topological polar surface area (TPSA) is 69.6 Å². The second kappa shape index (κ2) is 5.18. The number of nitrogens with zero attached hydrogens (tertiary/aromatic N) is 1. The molecular weight excluding hydrogens is 232 g/mol. The third-order valence-corrected chi connectivity index (χ3v) is 3.19. The molecule has 5 nitrogen and oxygen atoms in total. The summed E-state index contributed by atoms with van der Waals surface area (Å²) in [5, 5.41) is 11.5. The summed E-state index contributed by atoms with van der Waals surface area (Å²) in [5.74, 6) is -0.897. The number of rotatable bonds is 3. The van der Waals surface area contributed by atoms with Gasteiger partial charge in [-0.15, -0.1) is 0 Å². The highest BCUT2D eigenvalue weighted by Gasteiger charge is 2.19. The van der Waals surface area contributed by atoms with E-state index in [4.69, 9.17) is 5.11 Å². The van der Waals surface area contributed by atoms with Crippen molar-refractivity contribution >= 4 is 11.9 Å². The number of carboxylic acids is 1. The Labute approximate surface area is 105 Å². The van der Waals surface area contributed by atoms with Gasteiger partial charge in [0.15, 0.2) is 0 Å². The molecule has 1 aliphatic rings. The van der Waals surface area contributed by atoms with Crippen LogP contribution in [0.25, 0.3) is 0 Å². The van der Waals surface area contributed by atoms with Crippen molar-refractivity contribution in [1.82, 2.24) is 10.2 Å². The Morgan fingerprint density at radius 2 is 2.17 bits per heavy atom. The number of carbonyl (C=O) groups excluding carboxylic acids is 1. The van der Waals surface area contributed by atoms with Gasteiger partial charge in [0.2, 0.25) is 5.91 Å². The fraction of sp³-hybridized carbons (Fsp3) is 0.385. The molecular formula is C13H16N2O3. The molecule has 1 amide bonds. The molecule has 18 heavy (non-hydrogen) atoms. The summed E-state index contributed by atoms with van der Waals surface area (Å²) in [4.78, 5) is 24.2. The van der Waals surface area contributed by atoms with Gasteiger partial charge in [-0.2, -0.15) is 0 Å². The Kier molecular flexibility index (Phi) is 3.62. The fourth-order valence-corrected chi connectivity index (χ4v) is 2.16. The predicted molar refractivity (Wildman–Crippen MR) is 66.4 cm³/mol. The molecule has 96 valence electrons. The molecule has 1 heterocycles. The van der Waals surface area contributed by atoms with Gasteiger partial charge in [-0.3, -0.25) is 9.69 Å². The van der Waals surface area contributed by atoms with Gasteiger partial charge in [-0.05, 0) is 29.7 Å². The summed E-state index contributed by atoms with van der Waals surface area (Å²) in [6, 6.07) is 5.19. The minimum Gasteiger partial charge on any atom is -0.478 e. The van der Waals surface area contributed by atoms with E-state index in [1.54, 1.807) is 19.2 Å². The summed E-state index contributed by atoms with van der Waals surface area (Å²) < 4.78 is 0. The molecule has 0 fully saturated rings. The van der Waals surface area contributed by atoms with Crippen LogP contribution in [0.3, 0.4) is 0 Å². The second-order valence-electron chi connectivity index (χ2n) is 4.42. The third kappa shape index (κ3) is 2.68. The lowest BCUT2D eigenvalue weighted by Crippen LogP contribution is -2.38. The Morgan fingerprint density at radius 1 is 1.39 bits per heavy atom. The van der Waals surface area contributed by atoms with Crippen molar-refractivity contribution in [2.24, 2.45) is 0 Å². The van der Waals surface area contributed by atoms with Crippen molar-refractivity contribution in [1.29, 1.82) is 0 Å². The first-order valence-electron chi connectivity index (χ1n) is 5.88. The van der Waals surface area contributed by atoms with Crippen LogP contribution >= 0.6 is 0 Å². The lowest BCUT2D eigenvalue weighted by atomic mass is 9.97. The molecule has 1 aromatic rings. The number of carboxylic acid groups (broad SMARTS) is 1. The molecule has 5 heteroatoms. The van der Waals surface area contributed by atoms with Gasteiger partial charge in [-0.25, -0.2) is 4.79 Å². The molecule has 2 rings (SSSR count). The Hall–Kier alpha value is -1.88. The van der Waals surface area contributed by atoms with Crippen LogP contribution in [0.1, 0.15) is 21.5 Å². The number of carbonyl (C=O) groups is 2. The monoisotopic (exact) mass is 248 g/mol. The number of hydrogen-bond acceptors (Lipinski definition) is 3. The molecule has 0 spiro atoms. The minimum absolute atomic E-state index is 0.000561. The third-order valence-electron chi connectivity index (χ3n) is 3.19. The van der Waals surface area contributed by atoms with Gasteiger partial charge in [0.05, 0.1) is 12.1 Å². The zero-order valence-corrected chi connectivity index (χ0v) is 10.3. The van der Waals surface area contributed by atoms with E-state index in [9.17, 15) is 9.59 Å². The standard InChI is InChI=1S/C13H16N2O3/c1-14-12(16)8-15-5-4-9-6-10(13(17)18)2-3-11(9)7-15/h2-3,6H,4-5,7-8H2,1H3,(H,14,16)(H,17,18). The van der Waals surface area contributed by atoms with E-state index < -0.39 is 5.97 Å². The molecule has 1 aliphatic heterocycles. The second-order valence-corrected chi connectivity index (χ2v) is 4.42. The lowest BCUT2D eigenvalue weighted by molar-refractivity contribution is -0.121. The van der Waals surface area contributed by atoms with E-state index in [0.29, 0.717) is 18.7 Å². The molecule has 0 saturated carbocycles. The first-order chi connectivity index (χ1) is 8.60. The van der Waals surface area contributed by atoms with E-state index in [1.807, 2.05) is 6.07 Å². The lowest BCUT2D eigenvalue weighted by Gasteiger charge is -2.28. The molecule has 0 radical (unpaired) electrons. The minimum atomic E-state index is -0.898. The van der Waals surface area contributed by atoms with Crippen LogP contribution in [0.5, 0.6) is 0 Å². The average Bonchev–Trinajstić information content (AvgIpc) is 2.37. The van der Waals surface area contributed by atoms with Crippen LogP contribution < -0.4 is 5.32 Å². The van der Waals surface area contributed by atoms with Crippen molar-refractivity contribution in [2.75, 3.05) is 20.1 Å². The van der Waals surface area contributed by atoms with Gasteiger partial charge in [-0.1, -0.05) is 6.07 Å². The maximum Gasteiger partial charge on any atom is 0.335 e. The predicted octanol–water partition coefficient (Wildman–Crippen LogP) is 0.489. The molecule has 0 aromatic heterocycles. The highest BCUT2D eigenvalue weighted by atomic mass is 16.4. The zero-order chi connectivity index (χ0) is 13.1. The van der Waals surface area contributed by atoms with Crippen molar-refractivity contribution in [3.63, 3.8) is 0 Å². The summed E-state index contributed by atoms with van der Waals surface area (Å²) in [5.41, 5.74) is 2.51. The van der Waals surface area contributed by atoms with Gasteiger partial charge in [0, 0.05) is 20.1 Å². The van der Waals surface area contributed by atoms with Crippen LogP contribution in [0.2, 0.25) is 0 Å². The first-order valence-corrected chi connectivity index (χ1v) is 5.88. The van der Waals surface area contributed by atoms with Gasteiger partial charge in [0.25, 0.3) is 0 Å². The van der Waals surface area contributed by atoms with Crippen molar-refractivity contribution < 1.29 is 14.7 Å². The van der Waals surface area contributed by atoms with Gasteiger partial charge >= 0.3 is 5.97 Å². The Balaban J connectivity index is 2.11. The van der Waals surface area contributed by atoms with E-state index in [-0.39, 0.29) is 5.91 Å². The number of fused-ring (bicyclic) bond motifs is 1. The molecule has 0 unspecified atom stereocenters. The largest absolute Gasteiger partial charge is 0.478 e. The molecule has 0 atom stereocenters. The highest BCUT2D eigenvalue weighted by molar-refractivity contribution is 5.88. The number of nitrogens with one attached hydrogen (secondary N) is 1. The molecule has 0 aliphatic carbocycles. The Morgan fingerprint density at radius 3 is 2.83 bits per heavy atom. The summed E-state index contributed by atoms with van der Waals surface area (Å²) in [6.45, 7) is 1.86. The maximum absolute atomic E-state index is 11.3. The SMILES string of the molecule is CNC(=O)CN1CCc2cc(C(=O)O)ccc2C1. The number of hydrogen-bond donors (Lipinski definition) is 2. The average molecular weight is 248 g/mol. The normalized spacial score (nSPS) is 14.9. The summed E-state index contributed by atoms with van der Waals surface area (Å²) in [6.07, 6.45) is 0.785. The number of likely N-dealkylation sites (N-methyl/N-ethyl adjacent to an activating group) is 1. The van der Waals surface area contributed by atoms with E-state index in [0.717, 1.165) is 24.1 Å². The first kappa shape index (κ1) is 12.6. The molecule has 2 N–H and O–H groups in total. The van der Waals surface area contributed by atoms with Crippen molar-refractivity contribution in [2.45, 2.75) is 13.0 Å². The van der Waals surface area contributed by atoms with Crippen LogP contribution in [0, 0.1) is 0 Å². The zero-order valence-electron chi connectivity index (χ0n) is 10.3. The molecule has 1 aromatic carbocycles. The summed E-state index contributed by atoms with van der Waals surface area (Å²) >= 11 is 0. The maximum atomic E-state index is 11.3. The summed E-state index contributed by atoms with van der Waals surface area (Å²) in [7, 11) is 1.62. The van der Waals surface area contributed by atoms with Crippen LogP contribution in [0.15, 0.2) is 18.2 Å². The van der Waals surface area contributed by atoms with Crippen molar-refractivity contribution in [3.8, 4) is 0 Å². The van der Waals surface area contributed by atoms with E-state index in [1.165, 1.54) is 0 Å². The van der Waals surface area contributed by atoms with Crippen LogP contribution in [-0.2, 0) is 17.8 Å². The van der Waals surface area contributed by atoms with Crippen LogP contribution in [-0.4, -0.2) is 42.0 Å². The van der Waals surface area contributed by atoms with E-state index >= 15 is 0 Å². The smallest absolute Gasteiger partial charge is 0.335 e. The number of amides is 1. The number of aromatic carboxylic acids is 1. The Bertz CT molecular complexity index is 485. The van der Waals surface area contributed by atoms with Gasteiger partial charge < -0.3 is 10.4 Å². The quantitative estimate of drug-likeness (QED) is 0.816. The van der Waals surface area contributed by atoms with Gasteiger partial charge in [0.1, 0.15) is 0 Å².